The fraction of sp³-hybridized carbons (Fsp3) is 0.211. The number of aromatic nitrogens is 3. The van der Waals surface area contributed by atoms with E-state index in [0.717, 1.165) is 17.1 Å². The average molecular weight is 335 g/mol. The Bertz CT molecular complexity index is 846. The lowest BCUT2D eigenvalue weighted by molar-refractivity contribution is 0.342. The Labute approximate surface area is 147 Å². The number of benzene rings is 2. The van der Waals surface area contributed by atoms with Crippen LogP contribution in [0.1, 0.15) is 18.1 Å². The standard InChI is InChI=1S/C19H21N5O/c1-4-25-17-8-6-5-7-16(17)22-18-12-20-24-19(23-18)21-15-10-13(2)9-14(3)11-15/h5-12H,4H2,1-3H3,(H2,21,22,23,24). The molecule has 0 saturated carbocycles. The van der Waals surface area contributed by atoms with Crippen LogP contribution in [-0.2, 0) is 0 Å². The van der Waals surface area contributed by atoms with Gasteiger partial charge in [-0.15, -0.1) is 5.10 Å². The molecule has 6 nitrogen and oxygen atoms in total. The van der Waals surface area contributed by atoms with E-state index in [4.69, 9.17) is 4.74 Å². The molecule has 0 amide bonds. The van der Waals surface area contributed by atoms with E-state index in [1.54, 1.807) is 6.20 Å². The summed E-state index contributed by atoms with van der Waals surface area (Å²) < 4.78 is 5.62. The highest BCUT2D eigenvalue weighted by atomic mass is 16.5. The molecule has 0 atom stereocenters. The number of nitrogens with one attached hydrogen (secondary N) is 2. The van der Waals surface area contributed by atoms with Crippen LogP contribution in [0.4, 0.5) is 23.1 Å². The summed E-state index contributed by atoms with van der Waals surface area (Å²) in [6, 6.07) is 13.9. The second-order valence-corrected chi connectivity index (χ2v) is 5.72. The third-order valence-corrected chi connectivity index (χ3v) is 3.49. The van der Waals surface area contributed by atoms with Crippen molar-refractivity contribution in [2.24, 2.45) is 0 Å². The number of ether oxygens (including phenoxy) is 1. The Morgan fingerprint density at radius 3 is 2.52 bits per heavy atom. The third-order valence-electron chi connectivity index (χ3n) is 3.49. The van der Waals surface area contributed by atoms with Crippen LogP contribution in [0.3, 0.4) is 0 Å². The second-order valence-electron chi connectivity index (χ2n) is 5.72. The molecule has 3 aromatic rings. The minimum atomic E-state index is 0.434. The van der Waals surface area contributed by atoms with Crippen molar-refractivity contribution in [2.45, 2.75) is 20.8 Å². The molecule has 0 bridgehead atoms. The second kappa shape index (κ2) is 7.61. The SMILES string of the molecule is CCOc1ccccc1Nc1cnnc(Nc2cc(C)cc(C)c2)n1. The Morgan fingerprint density at radius 2 is 1.76 bits per heavy atom. The van der Waals surface area contributed by atoms with Crippen molar-refractivity contribution < 1.29 is 4.74 Å². The highest BCUT2D eigenvalue weighted by Crippen LogP contribution is 2.26. The average Bonchev–Trinajstić information content (AvgIpc) is 2.56. The van der Waals surface area contributed by atoms with Crippen molar-refractivity contribution in [3.05, 3.63) is 59.8 Å². The predicted octanol–water partition coefficient (Wildman–Crippen LogP) is 4.37. The molecule has 0 aliphatic heterocycles. The molecule has 128 valence electrons. The van der Waals surface area contributed by atoms with Gasteiger partial charge in [-0.3, -0.25) is 0 Å². The van der Waals surface area contributed by atoms with E-state index in [9.17, 15) is 0 Å². The van der Waals surface area contributed by atoms with Crippen LogP contribution in [-0.4, -0.2) is 21.8 Å². The van der Waals surface area contributed by atoms with Gasteiger partial charge in [0.2, 0.25) is 5.95 Å². The lowest BCUT2D eigenvalue weighted by atomic mass is 10.1. The maximum absolute atomic E-state index is 5.62. The first kappa shape index (κ1) is 16.7. The molecule has 1 aromatic heterocycles. The number of nitrogens with zero attached hydrogens (tertiary/aromatic N) is 3. The van der Waals surface area contributed by atoms with E-state index in [1.165, 1.54) is 11.1 Å². The van der Waals surface area contributed by atoms with Crippen LogP contribution in [0.15, 0.2) is 48.7 Å². The summed E-state index contributed by atoms with van der Waals surface area (Å²) in [6.07, 6.45) is 1.58. The molecule has 3 rings (SSSR count). The number of para-hydroxylation sites is 2. The molecule has 2 N–H and O–H groups in total. The Kier molecular flexibility index (Phi) is 5.09. The molecule has 6 heteroatoms. The first-order valence-electron chi connectivity index (χ1n) is 8.18. The quantitative estimate of drug-likeness (QED) is 0.697. The summed E-state index contributed by atoms with van der Waals surface area (Å²) in [7, 11) is 0. The van der Waals surface area contributed by atoms with Gasteiger partial charge in [0.25, 0.3) is 0 Å². The van der Waals surface area contributed by atoms with E-state index >= 15 is 0 Å². The number of rotatable bonds is 6. The van der Waals surface area contributed by atoms with Gasteiger partial charge in [0.05, 0.1) is 18.5 Å². The van der Waals surface area contributed by atoms with Crippen LogP contribution in [0, 0.1) is 13.8 Å². The van der Waals surface area contributed by atoms with Gasteiger partial charge in [-0.05, 0) is 56.2 Å². The molecule has 1 heterocycles. The smallest absolute Gasteiger partial charge is 0.249 e. The molecule has 0 saturated heterocycles. The van der Waals surface area contributed by atoms with Crippen molar-refractivity contribution in [2.75, 3.05) is 17.2 Å². The monoisotopic (exact) mass is 335 g/mol. The van der Waals surface area contributed by atoms with Gasteiger partial charge in [0, 0.05) is 5.69 Å². The fourth-order valence-electron chi connectivity index (χ4n) is 2.58. The highest BCUT2D eigenvalue weighted by Gasteiger charge is 2.06. The Balaban J connectivity index is 1.80. The summed E-state index contributed by atoms with van der Waals surface area (Å²) in [5, 5.41) is 14.5. The summed E-state index contributed by atoms with van der Waals surface area (Å²) in [5.41, 5.74) is 4.12. The van der Waals surface area contributed by atoms with Gasteiger partial charge in [0.15, 0.2) is 5.82 Å². The van der Waals surface area contributed by atoms with E-state index in [0.29, 0.717) is 18.4 Å². The van der Waals surface area contributed by atoms with Crippen molar-refractivity contribution >= 4 is 23.1 Å². The zero-order valence-corrected chi connectivity index (χ0v) is 14.6. The van der Waals surface area contributed by atoms with Gasteiger partial charge in [-0.25, -0.2) is 0 Å². The molecule has 0 aliphatic carbocycles. The zero-order chi connectivity index (χ0) is 17.6. The molecular formula is C19H21N5O. The topological polar surface area (TPSA) is 72.0 Å². The van der Waals surface area contributed by atoms with E-state index in [-0.39, 0.29) is 0 Å². The van der Waals surface area contributed by atoms with Gasteiger partial charge in [-0.1, -0.05) is 18.2 Å². The predicted molar refractivity (Wildman–Crippen MR) is 99.9 cm³/mol. The van der Waals surface area contributed by atoms with Gasteiger partial charge in [-0.2, -0.15) is 10.1 Å². The third kappa shape index (κ3) is 4.44. The minimum absolute atomic E-state index is 0.434. The highest BCUT2D eigenvalue weighted by molar-refractivity contribution is 5.64. The van der Waals surface area contributed by atoms with Crippen LogP contribution in [0.2, 0.25) is 0 Å². The molecule has 25 heavy (non-hydrogen) atoms. The normalized spacial score (nSPS) is 10.4. The molecule has 0 aliphatic rings. The van der Waals surface area contributed by atoms with Crippen molar-refractivity contribution in [1.29, 1.82) is 0 Å². The van der Waals surface area contributed by atoms with Crippen LogP contribution in [0.25, 0.3) is 0 Å². The molecule has 0 spiro atoms. The molecule has 0 fully saturated rings. The lowest BCUT2D eigenvalue weighted by Gasteiger charge is -2.12. The summed E-state index contributed by atoms with van der Waals surface area (Å²) in [6.45, 7) is 6.66. The van der Waals surface area contributed by atoms with E-state index in [2.05, 4.69) is 45.7 Å². The van der Waals surface area contributed by atoms with E-state index in [1.807, 2.05) is 43.3 Å². The maximum Gasteiger partial charge on any atom is 0.249 e. The van der Waals surface area contributed by atoms with Crippen molar-refractivity contribution in [1.82, 2.24) is 15.2 Å². The maximum atomic E-state index is 5.62. The molecule has 2 aromatic carbocycles. The first-order valence-corrected chi connectivity index (χ1v) is 8.18. The van der Waals surface area contributed by atoms with Gasteiger partial charge < -0.3 is 15.4 Å². The molecular weight excluding hydrogens is 314 g/mol. The summed E-state index contributed by atoms with van der Waals surface area (Å²) in [4.78, 5) is 4.47. The van der Waals surface area contributed by atoms with Gasteiger partial charge >= 0.3 is 0 Å². The number of hydrogen-bond acceptors (Lipinski definition) is 6. The van der Waals surface area contributed by atoms with Crippen molar-refractivity contribution in [3.63, 3.8) is 0 Å². The minimum Gasteiger partial charge on any atom is -0.492 e. The number of aryl methyl sites for hydroxylation is 2. The number of anilines is 4. The van der Waals surface area contributed by atoms with E-state index < -0.39 is 0 Å². The Hall–Kier alpha value is -3.15. The lowest BCUT2D eigenvalue weighted by Crippen LogP contribution is -2.04. The first-order chi connectivity index (χ1) is 12.1. The summed E-state index contributed by atoms with van der Waals surface area (Å²) >= 11 is 0. The number of hydrogen-bond donors (Lipinski definition) is 2. The summed E-state index contributed by atoms with van der Waals surface area (Å²) in [5.74, 6) is 1.80. The van der Waals surface area contributed by atoms with Crippen LogP contribution < -0.4 is 15.4 Å². The zero-order valence-electron chi connectivity index (χ0n) is 14.6. The molecule has 0 unspecified atom stereocenters. The van der Waals surface area contributed by atoms with Crippen molar-refractivity contribution in [3.8, 4) is 5.75 Å². The van der Waals surface area contributed by atoms with Crippen LogP contribution >= 0.6 is 0 Å². The van der Waals surface area contributed by atoms with Crippen LogP contribution in [0.5, 0.6) is 5.75 Å². The largest absolute Gasteiger partial charge is 0.492 e. The molecule has 0 radical (unpaired) electrons. The Morgan fingerprint density at radius 1 is 1.00 bits per heavy atom. The van der Waals surface area contributed by atoms with Gasteiger partial charge in [0.1, 0.15) is 5.75 Å². The fourth-order valence-corrected chi connectivity index (χ4v) is 2.58.